The number of hydrogen-bond donors (Lipinski definition) is 4. The standard InChI is InChI=1S/C12H14ClIN5O5P/c13-11-17-9(15)6-10(18-11)19(3-16-6)7-4-1-12(4,8(20)5(7)14)2-24-25(21,22)23/h3-5,7-8,20H,1-2H2,(H2,15,17,18)(H2,21,22,23)/t4-,5+,7?,8+,12+/m1/s1. The van der Waals surface area contributed by atoms with Crippen LogP contribution in [-0.4, -0.2) is 51.0 Å². The summed E-state index contributed by atoms with van der Waals surface area (Å²) < 4.78 is 17.3. The van der Waals surface area contributed by atoms with Crippen LogP contribution in [0, 0.1) is 11.3 Å². The minimum Gasteiger partial charge on any atom is -0.391 e. The Hall–Kier alpha value is -0.560. The number of aliphatic hydroxyl groups is 1. The average molecular weight is 502 g/mol. The maximum absolute atomic E-state index is 11.0. The molecular weight excluding hydrogens is 487 g/mol. The molecule has 13 heteroatoms. The van der Waals surface area contributed by atoms with E-state index < -0.39 is 19.3 Å². The number of nitrogens with zero attached hydrogens (tertiary/aromatic N) is 4. The van der Waals surface area contributed by atoms with Crippen molar-refractivity contribution in [2.75, 3.05) is 12.3 Å². The zero-order chi connectivity index (χ0) is 18.1. The van der Waals surface area contributed by atoms with Crippen molar-refractivity contribution in [3.8, 4) is 0 Å². The average Bonchev–Trinajstić information content (AvgIpc) is 3.01. The highest BCUT2D eigenvalue weighted by molar-refractivity contribution is 14.1. The van der Waals surface area contributed by atoms with E-state index in [1.54, 1.807) is 10.9 Å². The van der Waals surface area contributed by atoms with E-state index in [2.05, 4.69) is 42.1 Å². The van der Waals surface area contributed by atoms with E-state index in [4.69, 9.17) is 27.1 Å². The Kier molecular flexibility index (Phi) is 4.08. The molecule has 0 aromatic carbocycles. The van der Waals surface area contributed by atoms with E-state index in [1.165, 1.54) is 0 Å². The number of halogens is 2. The number of aromatic nitrogens is 4. The van der Waals surface area contributed by atoms with E-state index in [-0.39, 0.29) is 33.6 Å². The minimum atomic E-state index is -4.60. The normalized spacial score (nSPS) is 34.4. The molecule has 25 heavy (non-hydrogen) atoms. The van der Waals surface area contributed by atoms with Gasteiger partial charge >= 0.3 is 7.82 Å². The fourth-order valence-corrected chi connectivity index (χ4v) is 5.95. The largest absolute Gasteiger partial charge is 0.469 e. The van der Waals surface area contributed by atoms with Crippen LogP contribution in [0.25, 0.3) is 11.2 Å². The van der Waals surface area contributed by atoms with E-state index in [0.717, 1.165) is 0 Å². The molecule has 2 saturated carbocycles. The van der Waals surface area contributed by atoms with Crippen molar-refractivity contribution >= 4 is 59.0 Å². The highest BCUT2D eigenvalue weighted by Gasteiger charge is 2.71. The molecule has 4 rings (SSSR count). The maximum atomic E-state index is 11.0. The number of alkyl halides is 1. The van der Waals surface area contributed by atoms with Crippen LogP contribution >= 0.6 is 42.0 Å². The Bertz CT molecular complexity index is 907. The molecule has 136 valence electrons. The van der Waals surface area contributed by atoms with Crippen molar-refractivity contribution in [2.24, 2.45) is 11.3 Å². The van der Waals surface area contributed by atoms with Gasteiger partial charge in [-0.2, -0.15) is 9.97 Å². The molecule has 2 aromatic heterocycles. The molecule has 0 saturated heterocycles. The van der Waals surface area contributed by atoms with Crippen molar-refractivity contribution in [1.29, 1.82) is 0 Å². The number of aliphatic hydroxyl groups excluding tert-OH is 1. The van der Waals surface area contributed by atoms with Crippen LogP contribution in [0.15, 0.2) is 6.33 Å². The maximum Gasteiger partial charge on any atom is 0.469 e. The summed E-state index contributed by atoms with van der Waals surface area (Å²) in [5, 5.41) is 10.7. The number of phosphoric acid groups is 1. The lowest BCUT2D eigenvalue weighted by molar-refractivity contribution is 0.0618. The molecule has 0 amide bonds. The first-order valence-corrected chi connectivity index (χ1v) is 10.5. The Balaban J connectivity index is 1.70. The SMILES string of the molecule is Nc1nc(Cl)nc2c1ncn2C1[C@H]2C[C@@]2(COP(=O)(O)O)[C@@H](O)[C@H]1I. The van der Waals surface area contributed by atoms with Gasteiger partial charge in [0.1, 0.15) is 5.52 Å². The summed E-state index contributed by atoms with van der Waals surface area (Å²) >= 11 is 8.03. The van der Waals surface area contributed by atoms with Gasteiger partial charge in [-0.05, 0) is 23.9 Å². The van der Waals surface area contributed by atoms with Gasteiger partial charge in [0.25, 0.3) is 0 Å². The number of nitrogen functional groups attached to an aromatic ring is 1. The van der Waals surface area contributed by atoms with Crippen LogP contribution in [0.4, 0.5) is 5.82 Å². The van der Waals surface area contributed by atoms with Crippen LogP contribution in [0.1, 0.15) is 12.5 Å². The molecule has 2 aliphatic rings. The van der Waals surface area contributed by atoms with Gasteiger partial charge in [-0.25, -0.2) is 9.55 Å². The molecule has 1 unspecified atom stereocenters. The summed E-state index contributed by atoms with van der Waals surface area (Å²) in [5.74, 6) is 0.146. The number of hydrogen-bond acceptors (Lipinski definition) is 7. The monoisotopic (exact) mass is 501 g/mol. The van der Waals surface area contributed by atoms with Gasteiger partial charge in [0.15, 0.2) is 11.5 Å². The van der Waals surface area contributed by atoms with Crippen LogP contribution in [0.3, 0.4) is 0 Å². The third kappa shape index (κ3) is 2.76. The molecular formula is C12H14ClIN5O5P. The number of fused-ring (bicyclic) bond motifs is 2. The first-order valence-electron chi connectivity index (χ1n) is 7.32. The fraction of sp³-hybridized carbons (Fsp3) is 0.583. The second kappa shape index (κ2) is 5.72. The highest BCUT2D eigenvalue weighted by Crippen LogP contribution is 2.70. The Morgan fingerprint density at radius 1 is 1.52 bits per heavy atom. The van der Waals surface area contributed by atoms with Gasteiger partial charge < -0.3 is 25.2 Å². The van der Waals surface area contributed by atoms with Gasteiger partial charge in [-0.1, -0.05) is 22.6 Å². The third-order valence-corrected chi connectivity index (χ3v) is 7.10. The van der Waals surface area contributed by atoms with Gasteiger partial charge in [0.05, 0.1) is 29.0 Å². The summed E-state index contributed by atoms with van der Waals surface area (Å²) in [5.41, 5.74) is 6.04. The number of nitrogens with two attached hydrogens (primary N) is 1. The van der Waals surface area contributed by atoms with Crippen molar-refractivity contribution in [3.05, 3.63) is 11.6 Å². The van der Waals surface area contributed by atoms with Gasteiger partial charge in [-0.3, -0.25) is 4.52 Å². The Morgan fingerprint density at radius 3 is 2.92 bits per heavy atom. The molecule has 2 aromatic rings. The smallest absolute Gasteiger partial charge is 0.391 e. The lowest BCUT2D eigenvalue weighted by Crippen LogP contribution is -2.32. The second-order valence-electron chi connectivity index (χ2n) is 6.39. The Morgan fingerprint density at radius 2 is 2.24 bits per heavy atom. The molecule has 10 nitrogen and oxygen atoms in total. The van der Waals surface area contributed by atoms with E-state index in [9.17, 15) is 9.67 Å². The van der Waals surface area contributed by atoms with Crippen molar-refractivity contribution in [1.82, 2.24) is 19.5 Å². The Labute approximate surface area is 160 Å². The summed E-state index contributed by atoms with van der Waals surface area (Å²) in [6, 6.07) is -0.175. The summed E-state index contributed by atoms with van der Waals surface area (Å²) in [6.07, 6.45) is 1.39. The predicted molar refractivity (Wildman–Crippen MR) is 96.1 cm³/mol. The number of imidazole rings is 1. The van der Waals surface area contributed by atoms with Crippen molar-refractivity contribution < 1.29 is 24.0 Å². The van der Waals surface area contributed by atoms with Gasteiger partial charge in [-0.15, -0.1) is 0 Å². The molecule has 5 N–H and O–H groups in total. The number of rotatable bonds is 4. The number of phosphoric ester groups is 1. The topological polar surface area (TPSA) is 157 Å². The van der Waals surface area contributed by atoms with Gasteiger partial charge in [0, 0.05) is 5.41 Å². The zero-order valence-electron chi connectivity index (χ0n) is 12.5. The van der Waals surface area contributed by atoms with Crippen LogP contribution < -0.4 is 5.73 Å². The summed E-state index contributed by atoms with van der Waals surface area (Å²) in [7, 11) is -4.60. The predicted octanol–water partition coefficient (Wildman–Crippen LogP) is 0.897. The molecule has 0 spiro atoms. The van der Waals surface area contributed by atoms with Crippen LogP contribution in [0.5, 0.6) is 0 Å². The van der Waals surface area contributed by atoms with Crippen LogP contribution in [0.2, 0.25) is 5.28 Å². The lowest BCUT2D eigenvalue weighted by atomic mass is 10.0. The third-order valence-electron chi connectivity index (χ3n) is 5.05. The lowest BCUT2D eigenvalue weighted by Gasteiger charge is -2.24. The quantitative estimate of drug-likeness (QED) is 0.207. The highest BCUT2D eigenvalue weighted by atomic mass is 127. The minimum absolute atomic E-state index is 0.00203. The summed E-state index contributed by atoms with van der Waals surface area (Å²) in [4.78, 5) is 30.2. The second-order valence-corrected chi connectivity index (χ2v) is 9.41. The van der Waals surface area contributed by atoms with E-state index in [1.807, 2.05) is 0 Å². The molecule has 5 atom stereocenters. The van der Waals surface area contributed by atoms with E-state index >= 15 is 0 Å². The molecule has 0 bridgehead atoms. The zero-order valence-corrected chi connectivity index (χ0v) is 16.3. The number of anilines is 1. The van der Waals surface area contributed by atoms with Crippen molar-refractivity contribution in [3.63, 3.8) is 0 Å². The molecule has 0 radical (unpaired) electrons. The molecule has 2 fully saturated rings. The van der Waals surface area contributed by atoms with Crippen molar-refractivity contribution in [2.45, 2.75) is 22.5 Å². The fourth-order valence-electron chi connectivity index (χ4n) is 3.81. The molecule has 2 heterocycles. The van der Waals surface area contributed by atoms with Crippen LogP contribution in [-0.2, 0) is 9.09 Å². The van der Waals surface area contributed by atoms with Gasteiger partial charge in [0.2, 0.25) is 5.28 Å². The first-order chi connectivity index (χ1) is 11.6. The first kappa shape index (κ1) is 17.8. The van der Waals surface area contributed by atoms with E-state index in [0.29, 0.717) is 17.6 Å². The molecule has 2 aliphatic carbocycles. The molecule has 0 aliphatic heterocycles. The summed E-state index contributed by atoms with van der Waals surface area (Å²) in [6.45, 7) is -0.205.